The first-order valence-corrected chi connectivity index (χ1v) is 6.61. The van der Waals surface area contributed by atoms with Gasteiger partial charge in [-0.2, -0.15) is 0 Å². The molecule has 0 aromatic heterocycles. The standard InChI is InChI=1S/C13H28N2O/c1-11-5-8-15(12(2)9-11)7-4-6-13(3,16)10-14/h11-12,16H,4-10,14H2,1-3H3. The number of rotatable bonds is 5. The number of nitrogens with two attached hydrogens (primary N) is 1. The van der Waals surface area contributed by atoms with Crippen molar-refractivity contribution in [3.05, 3.63) is 0 Å². The van der Waals surface area contributed by atoms with E-state index in [4.69, 9.17) is 5.73 Å². The molecule has 0 radical (unpaired) electrons. The summed E-state index contributed by atoms with van der Waals surface area (Å²) < 4.78 is 0. The maximum atomic E-state index is 9.82. The van der Waals surface area contributed by atoms with Gasteiger partial charge in [0.05, 0.1) is 5.60 Å². The van der Waals surface area contributed by atoms with Crippen LogP contribution in [0.4, 0.5) is 0 Å². The van der Waals surface area contributed by atoms with Crippen LogP contribution in [0, 0.1) is 5.92 Å². The van der Waals surface area contributed by atoms with Crippen LogP contribution in [-0.2, 0) is 0 Å². The van der Waals surface area contributed by atoms with Crippen molar-refractivity contribution in [2.24, 2.45) is 11.7 Å². The Hall–Kier alpha value is -0.120. The Labute approximate surface area is 100 Å². The van der Waals surface area contributed by atoms with Gasteiger partial charge in [0.15, 0.2) is 0 Å². The van der Waals surface area contributed by atoms with Crippen molar-refractivity contribution < 1.29 is 5.11 Å². The zero-order valence-electron chi connectivity index (χ0n) is 11.1. The first-order chi connectivity index (χ1) is 7.44. The molecule has 1 aliphatic rings. The summed E-state index contributed by atoms with van der Waals surface area (Å²) in [5.74, 6) is 0.874. The van der Waals surface area contributed by atoms with E-state index in [0.29, 0.717) is 12.6 Å². The molecule has 0 spiro atoms. The molecule has 0 saturated carbocycles. The first-order valence-electron chi connectivity index (χ1n) is 6.61. The minimum atomic E-state index is -0.674. The largest absolute Gasteiger partial charge is 0.389 e. The van der Waals surface area contributed by atoms with E-state index >= 15 is 0 Å². The molecule has 0 amide bonds. The van der Waals surface area contributed by atoms with E-state index in [1.54, 1.807) is 0 Å². The molecule has 3 nitrogen and oxygen atoms in total. The van der Waals surface area contributed by atoms with Crippen LogP contribution >= 0.6 is 0 Å². The van der Waals surface area contributed by atoms with Crippen molar-refractivity contribution in [3.8, 4) is 0 Å². The molecular weight excluding hydrogens is 200 g/mol. The summed E-state index contributed by atoms with van der Waals surface area (Å²) >= 11 is 0. The molecular formula is C13H28N2O. The molecule has 0 aromatic carbocycles. The fourth-order valence-corrected chi connectivity index (χ4v) is 2.55. The second kappa shape index (κ2) is 5.99. The normalized spacial score (nSPS) is 31.3. The molecule has 3 heteroatoms. The van der Waals surface area contributed by atoms with Crippen molar-refractivity contribution in [3.63, 3.8) is 0 Å². The number of aliphatic hydroxyl groups is 1. The van der Waals surface area contributed by atoms with Gasteiger partial charge in [-0.3, -0.25) is 0 Å². The monoisotopic (exact) mass is 228 g/mol. The lowest BCUT2D eigenvalue weighted by Gasteiger charge is -2.37. The van der Waals surface area contributed by atoms with Crippen molar-refractivity contribution in [1.82, 2.24) is 4.90 Å². The zero-order chi connectivity index (χ0) is 12.2. The second-order valence-electron chi connectivity index (χ2n) is 5.82. The molecule has 0 bridgehead atoms. The van der Waals surface area contributed by atoms with Gasteiger partial charge in [-0.05, 0) is 58.5 Å². The smallest absolute Gasteiger partial charge is 0.0741 e. The lowest BCUT2D eigenvalue weighted by Crippen LogP contribution is -2.41. The van der Waals surface area contributed by atoms with E-state index in [0.717, 1.165) is 25.3 Å². The summed E-state index contributed by atoms with van der Waals surface area (Å²) in [6.45, 7) is 9.16. The average molecular weight is 228 g/mol. The van der Waals surface area contributed by atoms with Crippen LogP contribution in [0.5, 0.6) is 0 Å². The highest BCUT2D eigenvalue weighted by Gasteiger charge is 2.23. The van der Waals surface area contributed by atoms with E-state index in [9.17, 15) is 5.11 Å². The number of hydrogen-bond acceptors (Lipinski definition) is 3. The minimum Gasteiger partial charge on any atom is -0.389 e. The van der Waals surface area contributed by atoms with Crippen LogP contribution in [0.25, 0.3) is 0 Å². The predicted octanol–water partition coefficient (Wildman–Crippen LogP) is 1.60. The molecule has 16 heavy (non-hydrogen) atoms. The number of hydrogen-bond donors (Lipinski definition) is 2. The summed E-state index contributed by atoms with van der Waals surface area (Å²) in [5, 5.41) is 9.82. The third-order valence-corrected chi connectivity index (χ3v) is 3.88. The first kappa shape index (κ1) is 13.9. The predicted molar refractivity (Wildman–Crippen MR) is 68.3 cm³/mol. The molecule has 0 aromatic rings. The third-order valence-electron chi connectivity index (χ3n) is 3.88. The maximum absolute atomic E-state index is 9.82. The Bertz CT molecular complexity index is 206. The fraction of sp³-hybridized carbons (Fsp3) is 1.00. The third kappa shape index (κ3) is 4.40. The number of nitrogens with zero attached hydrogens (tertiary/aromatic N) is 1. The highest BCUT2D eigenvalue weighted by atomic mass is 16.3. The van der Waals surface area contributed by atoms with Crippen molar-refractivity contribution in [2.75, 3.05) is 19.6 Å². The summed E-state index contributed by atoms with van der Waals surface area (Å²) in [4.78, 5) is 2.55. The van der Waals surface area contributed by atoms with Crippen molar-refractivity contribution in [1.29, 1.82) is 0 Å². The SMILES string of the molecule is CC1CCN(CCCC(C)(O)CN)C(C)C1. The molecule has 1 rings (SSSR count). The van der Waals surface area contributed by atoms with E-state index in [2.05, 4.69) is 18.7 Å². The Balaban J connectivity index is 2.23. The molecule has 1 aliphatic heterocycles. The van der Waals surface area contributed by atoms with Crippen molar-refractivity contribution >= 4 is 0 Å². The molecule has 3 unspecified atom stereocenters. The summed E-state index contributed by atoms with van der Waals surface area (Å²) in [5.41, 5.74) is 4.83. The topological polar surface area (TPSA) is 49.5 Å². The fourth-order valence-electron chi connectivity index (χ4n) is 2.55. The van der Waals surface area contributed by atoms with Gasteiger partial charge in [0.1, 0.15) is 0 Å². The lowest BCUT2D eigenvalue weighted by molar-refractivity contribution is 0.0489. The van der Waals surface area contributed by atoms with Crippen LogP contribution in [0.2, 0.25) is 0 Å². The summed E-state index contributed by atoms with van der Waals surface area (Å²) in [6.07, 6.45) is 4.48. The Morgan fingerprint density at radius 3 is 2.69 bits per heavy atom. The quantitative estimate of drug-likeness (QED) is 0.751. The van der Waals surface area contributed by atoms with Gasteiger partial charge in [-0.1, -0.05) is 6.92 Å². The number of likely N-dealkylation sites (tertiary alicyclic amines) is 1. The van der Waals surface area contributed by atoms with Crippen LogP contribution in [0.1, 0.15) is 46.5 Å². The van der Waals surface area contributed by atoms with Gasteiger partial charge in [0.2, 0.25) is 0 Å². The zero-order valence-corrected chi connectivity index (χ0v) is 11.1. The van der Waals surface area contributed by atoms with Gasteiger partial charge in [0, 0.05) is 12.6 Å². The van der Waals surface area contributed by atoms with Gasteiger partial charge >= 0.3 is 0 Å². The minimum absolute atomic E-state index is 0.361. The van der Waals surface area contributed by atoms with Crippen LogP contribution in [0.3, 0.4) is 0 Å². The molecule has 0 aliphatic carbocycles. The van der Waals surface area contributed by atoms with E-state index in [-0.39, 0.29) is 0 Å². The van der Waals surface area contributed by atoms with Gasteiger partial charge in [-0.25, -0.2) is 0 Å². The molecule has 1 saturated heterocycles. The highest BCUT2D eigenvalue weighted by molar-refractivity contribution is 4.79. The second-order valence-corrected chi connectivity index (χ2v) is 5.82. The van der Waals surface area contributed by atoms with E-state index in [1.165, 1.54) is 19.4 Å². The van der Waals surface area contributed by atoms with Crippen molar-refractivity contribution in [2.45, 2.75) is 58.1 Å². The number of piperidine rings is 1. The average Bonchev–Trinajstić information content (AvgIpc) is 2.21. The van der Waals surface area contributed by atoms with Crippen LogP contribution in [-0.4, -0.2) is 41.3 Å². The highest BCUT2D eigenvalue weighted by Crippen LogP contribution is 2.22. The Morgan fingerprint density at radius 2 is 2.12 bits per heavy atom. The molecule has 3 N–H and O–H groups in total. The summed E-state index contributed by atoms with van der Waals surface area (Å²) in [6, 6.07) is 0.701. The van der Waals surface area contributed by atoms with Crippen LogP contribution in [0.15, 0.2) is 0 Å². The van der Waals surface area contributed by atoms with Gasteiger partial charge < -0.3 is 15.7 Å². The summed E-state index contributed by atoms with van der Waals surface area (Å²) in [7, 11) is 0. The Kier molecular flexibility index (Phi) is 5.22. The van der Waals surface area contributed by atoms with E-state index < -0.39 is 5.60 Å². The lowest BCUT2D eigenvalue weighted by atomic mass is 9.92. The van der Waals surface area contributed by atoms with E-state index in [1.807, 2.05) is 6.92 Å². The molecule has 3 atom stereocenters. The molecule has 1 fully saturated rings. The van der Waals surface area contributed by atoms with Gasteiger partial charge in [0.25, 0.3) is 0 Å². The Morgan fingerprint density at radius 1 is 1.44 bits per heavy atom. The maximum Gasteiger partial charge on any atom is 0.0741 e. The van der Waals surface area contributed by atoms with Crippen LogP contribution < -0.4 is 5.73 Å². The molecule has 96 valence electrons. The molecule has 1 heterocycles. The van der Waals surface area contributed by atoms with Gasteiger partial charge in [-0.15, -0.1) is 0 Å².